The number of anilines is 1. The zero-order valence-corrected chi connectivity index (χ0v) is 15.1. The van der Waals surface area contributed by atoms with Crippen LogP contribution in [0.2, 0.25) is 0 Å². The number of amides is 1. The summed E-state index contributed by atoms with van der Waals surface area (Å²) in [6.45, 7) is 8.63. The summed E-state index contributed by atoms with van der Waals surface area (Å²) in [4.78, 5) is 11.9. The maximum Gasteiger partial charge on any atom is 0.239 e. The number of hydrogen-bond acceptors (Lipinski definition) is 3. The van der Waals surface area contributed by atoms with Gasteiger partial charge >= 0.3 is 0 Å². The van der Waals surface area contributed by atoms with Gasteiger partial charge in [0.05, 0.1) is 17.9 Å². The van der Waals surface area contributed by atoms with Crippen LogP contribution in [-0.4, -0.2) is 29.3 Å². The minimum absolute atomic E-state index is 0. The average molecular weight is 337 g/mol. The molecule has 2 rings (SSSR count). The second-order valence-corrected chi connectivity index (χ2v) is 6.49. The van der Waals surface area contributed by atoms with Crippen LogP contribution in [0.15, 0.2) is 30.3 Å². The van der Waals surface area contributed by atoms with Crippen LogP contribution in [0.5, 0.6) is 0 Å². The third-order valence-electron chi connectivity index (χ3n) is 3.33. The van der Waals surface area contributed by atoms with Crippen molar-refractivity contribution in [3.05, 3.63) is 41.6 Å². The van der Waals surface area contributed by atoms with Gasteiger partial charge in [-0.3, -0.25) is 4.79 Å². The average Bonchev–Trinajstić information content (AvgIpc) is 2.82. The predicted molar refractivity (Wildman–Crippen MR) is 96.8 cm³/mol. The van der Waals surface area contributed by atoms with Crippen LogP contribution in [-0.2, 0) is 10.2 Å². The predicted octanol–water partition coefficient (Wildman–Crippen LogP) is 3.06. The number of nitrogens with one attached hydrogen (secondary N) is 2. The highest BCUT2D eigenvalue weighted by Crippen LogP contribution is 2.26. The number of carbonyl (C=O) groups excluding carboxylic acids is 1. The van der Waals surface area contributed by atoms with Crippen LogP contribution in [0.4, 0.5) is 5.82 Å². The first-order chi connectivity index (χ1) is 10.3. The fraction of sp³-hybridized carbons (Fsp3) is 0.412. The summed E-state index contributed by atoms with van der Waals surface area (Å²) < 4.78 is 1.79. The molecule has 0 aliphatic heterocycles. The molecule has 1 amide bonds. The first-order valence-electron chi connectivity index (χ1n) is 7.43. The molecule has 2 N–H and O–H groups in total. The Labute approximate surface area is 143 Å². The van der Waals surface area contributed by atoms with Crippen LogP contribution < -0.4 is 10.6 Å². The number of hydrogen-bond donors (Lipinski definition) is 2. The van der Waals surface area contributed by atoms with Gasteiger partial charge in [0.25, 0.3) is 0 Å². The van der Waals surface area contributed by atoms with E-state index in [-0.39, 0.29) is 30.3 Å². The molecule has 2 aromatic rings. The van der Waals surface area contributed by atoms with E-state index in [9.17, 15) is 4.79 Å². The second-order valence-electron chi connectivity index (χ2n) is 6.49. The van der Waals surface area contributed by atoms with Crippen molar-refractivity contribution in [3.8, 4) is 5.69 Å². The van der Waals surface area contributed by atoms with E-state index in [0.29, 0.717) is 5.82 Å². The fourth-order valence-electron chi connectivity index (χ4n) is 2.14. The summed E-state index contributed by atoms with van der Waals surface area (Å²) in [5.41, 5.74) is 2.94. The molecule has 0 spiro atoms. The molecule has 0 fully saturated rings. The van der Waals surface area contributed by atoms with Crippen molar-refractivity contribution in [1.82, 2.24) is 15.1 Å². The van der Waals surface area contributed by atoms with E-state index in [1.54, 1.807) is 11.7 Å². The number of rotatable bonds is 4. The fourth-order valence-corrected chi connectivity index (χ4v) is 2.14. The van der Waals surface area contributed by atoms with Gasteiger partial charge in [-0.05, 0) is 31.7 Å². The van der Waals surface area contributed by atoms with Crippen LogP contribution in [0.3, 0.4) is 0 Å². The summed E-state index contributed by atoms with van der Waals surface area (Å²) in [6.07, 6.45) is 0. The summed E-state index contributed by atoms with van der Waals surface area (Å²) in [5, 5.41) is 10.5. The van der Waals surface area contributed by atoms with Crippen LogP contribution in [0.25, 0.3) is 5.69 Å². The Morgan fingerprint density at radius 2 is 1.96 bits per heavy atom. The Hall–Kier alpha value is -1.85. The number of halogens is 1. The van der Waals surface area contributed by atoms with E-state index in [1.165, 1.54) is 0 Å². The van der Waals surface area contributed by atoms with Crippen molar-refractivity contribution in [3.63, 3.8) is 0 Å². The lowest BCUT2D eigenvalue weighted by Gasteiger charge is -2.14. The Kier molecular flexibility index (Phi) is 6.36. The molecule has 0 saturated carbocycles. The van der Waals surface area contributed by atoms with Crippen molar-refractivity contribution in [2.45, 2.75) is 33.1 Å². The van der Waals surface area contributed by atoms with Gasteiger partial charge in [0.1, 0.15) is 5.82 Å². The van der Waals surface area contributed by atoms with Gasteiger partial charge in [0, 0.05) is 11.5 Å². The Morgan fingerprint density at radius 1 is 1.26 bits per heavy atom. The summed E-state index contributed by atoms with van der Waals surface area (Å²) >= 11 is 0. The molecular formula is C17H25ClN4O. The number of benzene rings is 1. The highest BCUT2D eigenvalue weighted by molar-refractivity contribution is 5.91. The van der Waals surface area contributed by atoms with Crippen LogP contribution >= 0.6 is 12.4 Å². The molecule has 23 heavy (non-hydrogen) atoms. The molecule has 1 heterocycles. The minimum atomic E-state index is -0.0863. The quantitative estimate of drug-likeness (QED) is 0.902. The molecule has 0 unspecified atom stereocenters. The normalized spacial score (nSPS) is 11.0. The molecule has 0 aliphatic carbocycles. The first-order valence-corrected chi connectivity index (χ1v) is 7.43. The van der Waals surface area contributed by atoms with Crippen molar-refractivity contribution < 1.29 is 4.79 Å². The van der Waals surface area contributed by atoms with Gasteiger partial charge in [-0.2, -0.15) is 5.10 Å². The maximum absolute atomic E-state index is 11.9. The van der Waals surface area contributed by atoms with E-state index in [0.717, 1.165) is 16.9 Å². The lowest BCUT2D eigenvalue weighted by atomic mass is 9.92. The lowest BCUT2D eigenvalue weighted by molar-refractivity contribution is -0.115. The van der Waals surface area contributed by atoms with Gasteiger partial charge in [0.2, 0.25) is 5.91 Å². The second kappa shape index (κ2) is 7.62. The van der Waals surface area contributed by atoms with E-state index in [2.05, 4.69) is 36.5 Å². The smallest absolute Gasteiger partial charge is 0.239 e. The molecule has 126 valence electrons. The zero-order chi connectivity index (χ0) is 16.3. The molecule has 0 bridgehead atoms. The van der Waals surface area contributed by atoms with Gasteiger partial charge in [-0.1, -0.05) is 32.9 Å². The molecule has 5 nitrogen and oxygen atoms in total. The SMILES string of the molecule is CNCC(=O)Nc1cc(C(C)(C)C)nn1-c1cccc(C)c1.Cl. The summed E-state index contributed by atoms with van der Waals surface area (Å²) in [6, 6.07) is 10.0. The van der Waals surface area contributed by atoms with E-state index >= 15 is 0 Å². The number of nitrogens with zero attached hydrogens (tertiary/aromatic N) is 2. The minimum Gasteiger partial charge on any atom is -0.311 e. The molecule has 0 aliphatic rings. The zero-order valence-electron chi connectivity index (χ0n) is 14.3. The van der Waals surface area contributed by atoms with E-state index in [4.69, 9.17) is 0 Å². The number of aromatic nitrogens is 2. The van der Waals surface area contributed by atoms with Gasteiger partial charge < -0.3 is 10.6 Å². The van der Waals surface area contributed by atoms with Gasteiger partial charge in [-0.15, -0.1) is 12.4 Å². The molecule has 1 aromatic heterocycles. The van der Waals surface area contributed by atoms with E-state index < -0.39 is 0 Å². The van der Waals surface area contributed by atoms with Crippen LogP contribution in [0, 0.1) is 6.92 Å². The molecule has 0 radical (unpaired) electrons. The summed E-state index contributed by atoms with van der Waals surface area (Å²) in [7, 11) is 1.75. The highest BCUT2D eigenvalue weighted by atomic mass is 35.5. The highest BCUT2D eigenvalue weighted by Gasteiger charge is 2.21. The number of likely N-dealkylation sites (N-methyl/N-ethyl adjacent to an activating group) is 1. The molecular weight excluding hydrogens is 312 g/mol. The molecule has 6 heteroatoms. The molecule has 1 aromatic carbocycles. The number of carbonyl (C=O) groups is 1. The summed E-state index contributed by atoms with van der Waals surface area (Å²) in [5.74, 6) is 0.604. The number of aryl methyl sites for hydroxylation is 1. The monoisotopic (exact) mass is 336 g/mol. The van der Waals surface area contributed by atoms with Gasteiger partial charge in [0.15, 0.2) is 0 Å². The Bertz CT molecular complexity index is 673. The Morgan fingerprint density at radius 3 is 2.52 bits per heavy atom. The van der Waals surface area contributed by atoms with Crippen molar-refractivity contribution in [1.29, 1.82) is 0 Å². The van der Waals surface area contributed by atoms with Crippen molar-refractivity contribution in [2.24, 2.45) is 0 Å². The topological polar surface area (TPSA) is 59.0 Å². The lowest BCUT2D eigenvalue weighted by Crippen LogP contribution is -2.26. The standard InChI is InChI=1S/C17H24N4O.ClH/c1-12-7-6-8-13(9-12)21-15(19-16(22)11-18-5)10-14(20-21)17(2,3)4;/h6-10,18H,11H2,1-5H3,(H,19,22);1H. The van der Waals surface area contributed by atoms with E-state index in [1.807, 2.05) is 37.3 Å². The molecule has 0 saturated heterocycles. The third kappa shape index (κ3) is 4.81. The maximum atomic E-state index is 11.9. The largest absolute Gasteiger partial charge is 0.311 e. The first kappa shape index (κ1) is 19.2. The molecule has 0 atom stereocenters. The van der Waals surface area contributed by atoms with Crippen molar-refractivity contribution in [2.75, 3.05) is 18.9 Å². The Balaban J connectivity index is 0.00000264. The van der Waals surface area contributed by atoms with Gasteiger partial charge in [-0.25, -0.2) is 4.68 Å². The van der Waals surface area contributed by atoms with Crippen LogP contribution in [0.1, 0.15) is 32.0 Å². The third-order valence-corrected chi connectivity index (χ3v) is 3.33. The van der Waals surface area contributed by atoms with Crippen molar-refractivity contribution >= 4 is 24.1 Å².